The number of hydrogen-bond acceptors (Lipinski definition) is 5. The van der Waals surface area contributed by atoms with E-state index in [9.17, 15) is 22.4 Å². The number of nitrogens with two attached hydrogens (primary N) is 1. The Bertz CT molecular complexity index is 1430. The van der Waals surface area contributed by atoms with E-state index in [1.807, 2.05) is 6.07 Å². The number of carbonyl (C=O) groups excluding carboxylic acids is 1. The van der Waals surface area contributed by atoms with Gasteiger partial charge < -0.3 is 10.6 Å². The zero-order valence-electron chi connectivity index (χ0n) is 19.0. The van der Waals surface area contributed by atoms with Crippen LogP contribution in [0.2, 0.25) is 0 Å². The van der Waals surface area contributed by atoms with Crippen LogP contribution in [0.15, 0.2) is 55.1 Å². The summed E-state index contributed by atoms with van der Waals surface area (Å²) in [5.41, 5.74) is 5.92. The molecule has 1 saturated heterocycles. The van der Waals surface area contributed by atoms with Gasteiger partial charge in [-0.3, -0.25) is 9.78 Å². The minimum absolute atomic E-state index is 0.0937. The second-order valence-corrected chi connectivity index (χ2v) is 8.90. The molecule has 3 aromatic heterocycles. The number of halogens is 4. The van der Waals surface area contributed by atoms with Gasteiger partial charge in [-0.05, 0) is 55.0 Å². The van der Waals surface area contributed by atoms with Crippen LogP contribution in [-0.4, -0.2) is 43.5 Å². The molecule has 1 fully saturated rings. The molecular weight excluding hydrogens is 476 g/mol. The van der Waals surface area contributed by atoms with E-state index in [1.54, 1.807) is 11.0 Å². The minimum atomic E-state index is -4.67. The van der Waals surface area contributed by atoms with Crippen molar-refractivity contribution < 1.29 is 22.4 Å². The summed E-state index contributed by atoms with van der Waals surface area (Å²) in [4.78, 5) is 22.8. The average molecular weight is 498 g/mol. The lowest BCUT2D eigenvalue weighted by Crippen LogP contribution is -2.40. The quantitative estimate of drug-likeness (QED) is 0.415. The van der Waals surface area contributed by atoms with Crippen LogP contribution in [0.1, 0.15) is 34.3 Å². The number of anilines is 1. The summed E-state index contributed by atoms with van der Waals surface area (Å²) in [6, 6.07) is 8.87. The van der Waals surface area contributed by atoms with Crippen molar-refractivity contribution in [1.82, 2.24) is 24.5 Å². The molecule has 0 radical (unpaired) electrons. The molecule has 0 spiro atoms. The summed E-state index contributed by atoms with van der Waals surface area (Å²) < 4.78 is 55.6. The third kappa shape index (κ3) is 4.60. The molecule has 4 heterocycles. The first-order valence-corrected chi connectivity index (χ1v) is 11.4. The molecule has 4 aromatic rings. The van der Waals surface area contributed by atoms with Crippen molar-refractivity contribution in [1.29, 1.82) is 0 Å². The van der Waals surface area contributed by atoms with Crippen LogP contribution in [0.4, 0.5) is 23.4 Å². The second-order valence-electron chi connectivity index (χ2n) is 8.90. The maximum Gasteiger partial charge on any atom is 0.418 e. The van der Waals surface area contributed by atoms with Crippen molar-refractivity contribution in [3.8, 4) is 11.3 Å². The summed E-state index contributed by atoms with van der Waals surface area (Å²) in [6.07, 6.45) is 1.53. The fourth-order valence-corrected chi connectivity index (χ4v) is 4.78. The fraction of sp³-hybridized carbons (Fsp3) is 0.280. The first kappa shape index (κ1) is 23.7. The highest BCUT2D eigenvalue weighted by molar-refractivity contribution is 5.95. The van der Waals surface area contributed by atoms with E-state index >= 15 is 0 Å². The molecule has 5 rings (SSSR count). The van der Waals surface area contributed by atoms with Gasteiger partial charge in [0.05, 0.1) is 16.8 Å². The van der Waals surface area contributed by atoms with E-state index < -0.39 is 11.7 Å². The third-order valence-corrected chi connectivity index (χ3v) is 6.39. The molecule has 1 amide bonds. The lowest BCUT2D eigenvalue weighted by atomic mass is 9.91. The van der Waals surface area contributed by atoms with E-state index in [2.05, 4.69) is 15.1 Å². The number of rotatable bonds is 4. The maximum atomic E-state index is 13.7. The molecular formula is C25H22F4N6O. The summed E-state index contributed by atoms with van der Waals surface area (Å²) in [6.45, 7) is 1.05. The summed E-state index contributed by atoms with van der Waals surface area (Å²) >= 11 is 0. The van der Waals surface area contributed by atoms with Gasteiger partial charge in [-0.15, -0.1) is 0 Å². The zero-order valence-corrected chi connectivity index (χ0v) is 19.0. The van der Waals surface area contributed by atoms with E-state index in [0.717, 1.165) is 35.3 Å². The Hall–Kier alpha value is -4.02. The topological polar surface area (TPSA) is 89.4 Å². The van der Waals surface area contributed by atoms with Gasteiger partial charge in [0.2, 0.25) is 0 Å². The first-order valence-electron chi connectivity index (χ1n) is 11.4. The number of carbonyl (C=O) groups is 1. The van der Waals surface area contributed by atoms with Crippen LogP contribution < -0.4 is 5.73 Å². The lowest BCUT2D eigenvalue weighted by molar-refractivity contribution is -0.136. The molecule has 0 aliphatic carbocycles. The van der Waals surface area contributed by atoms with Crippen molar-refractivity contribution in [2.75, 3.05) is 18.8 Å². The van der Waals surface area contributed by atoms with Crippen LogP contribution in [0, 0.1) is 11.7 Å². The Kier molecular flexibility index (Phi) is 6.07. The van der Waals surface area contributed by atoms with Crippen LogP contribution in [0.3, 0.4) is 0 Å². The van der Waals surface area contributed by atoms with Crippen molar-refractivity contribution in [3.63, 3.8) is 0 Å². The molecule has 0 unspecified atom stereocenters. The Morgan fingerprint density at radius 2 is 2.00 bits per heavy atom. The Labute approximate surface area is 203 Å². The van der Waals surface area contributed by atoms with Crippen molar-refractivity contribution in [3.05, 3.63) is 77.6 Å². The highest BCUT2D eigenvalue weighted by Crippen LogP contribution is 2.38. The van der Waals surface area contributed by atoms with Gasteiger partial charge in [-0.2, -0.15) is 18.3 Å². The van der Waals surface area contributed by atoms with Gasteiger partial charge in [-0.1, -0.05) is 12.1 Å². The largest absolute Gasteiger partial charge is 0.418 e. The number of amides is 1. The zero-order chi connectivity index (χ0) is 25.4. The summed E-state index contributed by atoms with van der Waals surface area (Å²) in [5.74, 6) is -0.692. The van der Waals surface area contributed by atoms with Gasteiger partial charge in [0.25, 0.3) is 5.91 Å². The summed E-state index contributed by atoms with van der Waals surface area (Å²) in [7, 11) is 0. The number of likely N-dealkylation sites (tertiary alicyclic amines) is 1. The van der Waals surface area contributed by atoms with Crippen LogP contribution in [-0.2, 0) is 12.6 Å². The molecule has 0 saturated carbocycles. The number of hydrogen-bond donors (Lipinski definition) is 1. The van der Waals surface area contributed by atoms with E-state index in [-0.39, 0.29) is 45.8 Å². The molecule has 11 heteroatoms. The molecule has 7 nitrogen and oxygen atoms in total. The third-order valence-electron chi connectivity index (χ3n) is 6.39. The number of nitrogens with zero attached hydrogens (tertiary/aromatic N) is 5. The van der Waals surface area contributed by atoms with Crippen molar-refractivity contribution >= 4 is 17.2 Å². The Morgan fingerprint density at radius 3 is 2.78 bits per heavy atom. The van der Waals surface area contributed by atoms with Gasteiger partial charge in [0, 0.05) is 31.0 Å². The van der Waals surface area contributed by atoms with Gasteiger partial charge in [0.1, 0.15) is 17.7 Å². The molecule has 1 aliphatic rings. The van der Waals surface area contributed by atoms with Crippen LogP contribution >= 0.6 is 0 Å². The van der Waals surface area contributed by atoms with Gasteiger partial charge in [-0.25, -0.2) is 13.9 Å². The monoisotopic (exact) mass is 498 g/mol. The standard InChI is InChI=1S/C25H22F4N6O/c26-19-5-1-3-15(8-19)7-16-4-2-6-34(13-16)24(36)18-9-17(11-31-12-18)21-10-20(25(27,28)29)22-23(30)32-14-33-35(21)22/h1,3,5,8-12,14,16H,2,4,6-7,13H2,(H2,30,32,33)/t16-/m0/s1. The second kappa shape index (κ2) is 9.21. The van der Waals surface area contributed by atoms with Crippen molar-refractivity contribution in [2.45, 2.75) is 25.4 Å². The molecule has 36 heavy (non-hydrogen) atoms. The maximum absolute atomic E-state index is 13.7. The predicted molar refractivity (Wildman–Crippen MR) is 124 cm³/mol. The Morgan fingerprint density at radius 1 is 1.17 bits per heavy atom. The number of piperidine rings is 1. The minimum Gasteiger partial charge on any atom is -0.382 e. The average Bonchev–Trinajstić information content (AvgIpc) is 3.26. The van der Waals surface area contributed by atoms with Crippen LogP contribution in [0.5, 0.6) is 0 Å². The molecule has 186 valence electrons. The first-order chi connectivity index (χ1) is 17.2. The van der Waals surface area contributed by atoms with Crippen LogP contribution in [0.25, 0.3) is 16.8 Å². The smallest absolute Gasteiger partial charge is 0.382 e. The number of pyridine rings is 1. The van der Waals surface area contributed by atoms with E-state index in [1.165, 1.54) is 30.6 Å². The van der Waals surface area contributed by atoms with Gasteiger partial charge in [0.15, 0.2) is 5.82 Å². The highest BCUT2D eigenvalue weighted by atomic mass is 19.4. The molecule has 1 aromatic carbocycles. The summed E-state index contributed by atoms with van der Waals surface area (Å²) in [5, 5.41) is 3.95. The number of aromatic nitrogens is 4. The van der Waals surface area contributed by atoms with Crippen molar-refractivity contribution in [2.24, 2.45) is 5.92 Å². The number of benzene rings is 1. The highest BCUT2D eigenvalue weighted by Gasteiger charge is 2.36. The fourth-order valence-electron chi connectivity index (χ4n) is 4.78. The predicted octanol–water partition coefficient (Wildman–Crippen LogP) is 4.63. The normalized spacial score (nSPS) is 16.4. The van der Waals surface area contributed by atoms with Gasteiger partial charge >= 0.3 is 6.18 Å². The lowest BCUT2D eigenvalue weighted by Gasteiger charge is -2.33. The number of nitrogen functional groups attached to an aromatic ring is 1. The molecule has 1 aliphatic heterocycles. The molecule has 2 N–H and O–H groups in total. The van der Waals surface area contributed by atoms with E-state index in [0.29, 0.717) is 19.5 Å². The SMILES string of the molecule is Nc1ncnn2c(-c3cncc(C(=O)N4CCC[C@@H](Cc5cccc(F)c5)C4)c3)cc(C(F)(F)F)c12. The number of fused-ring (bicyclic) bond motifs is 1. The number of alkyl halides is 3. The Balaban J connectivity index is 1.42. The molecule has 0 bridgehead atoms. The van der Waals surface area contributed by atoms with E-state index in [4.69, 9.17) is 5.73 Å². The molecule has 1 atom stereocenters.